The Labute approximate surface area is 48.4 Å². The van der Waals surface area contributed by atoms with E-state index in [0.717, 1.165) is 0 Å². The first-order chi connectivity index (χ1) is 3.63. The summed E-state index contributed by atoms with van der Waals surface area (Å²) in [5.74, 6) is -0.208. The first kappa shape index (κ1) is 7.01. The molecule has 1 amide bonds. The molecule has 3 heteroatoms. The Morgan fingerprint density at radius 2 is 2.38 bits per heavy atom. The zero-order valence-electron chi connectivity index (χ0n) is 5.09. The SMILES string of the molecule is C=[N+](C)C=NC(C)=O. The Bertz CT molecular complexity index is 121. The molecule has 0 radical (unpaired) electrons. The highest BCUT2D eigenvalue weighted by Gasteiger charge is 1.89. The molecule has 8 heavy (non-hydrogen) atoms. The highest BCUT2D eigenvalue weighted by Crippen LogP contribution is 1.66. The number of hydrogen-bond acceptors (Lipinski definition) is 1. The first-order valence-corrected chi connectivity index (χ1v) is 2.21. The van der Waals surface area contributed by atoms with Gasteiger partial charge in [0, 0.05) is 6.92 Å². The van der Waals surface area contributed by atoms with E-state index in [1.54, 1.807) is 7.05 Å². The normalized spacial score (nSPS) is 9.75. The van der Waals surface area contributed by atoms with Gasteiger partial charge >= 0.3 is 5.91 Å². The van der Waals surface area contributed by atoms with Gasteiger partial charge in [-0.2, -0.15) is 0 Å². The standard InChI is InChI=1S/C5H9N2O/c1-5(8)6-4-7(2)3/h4H,2H2,1,3H3/q+1. The molecule has 0 saturated carbocycles. The minimum Gasteiger partial charge on any atom is -0.247 e. The van der Waals surface area contributed by atoms with Crippen LogP contribution in [0.4, 0.5) is 0 Å². The van der Waals surface area contributed by atoms with Crippen molar-refractivity contribution < 1.29 is 9.37 Å². The predicted molar refractivity (Wildman–Crippen MR) is 32.5 cm³/mol. The lowest BCUT2D eigenvalue weighted by molar-refractivity contribution is -0.349. The number of amides is 1. The van der Waals surface area contributed by atoms with Gasteiger partial charge < -0.3 is 0 Å². The summed E-state index contributed by atoms with van der Waals surface area (Å²) in [5, 5.41) is 0. The summed E-state index contributed by atoms with van der Waals surface area (Å²) in [6.07, 6.45) is 1.36. The summed E-state index contributed by atoms with van der Waals surface area (Å²) in [6.45, 7) is 4.83. The second-order valence-corrected chi connectivity index (χ2v) is 1.52. The molecule has 0 aromatic heterocycles. The number of nitrogens with zero attached hydrogens (tertiary/aromatic N) is 2. The zero-order valence-corrected chi connectivity index (χ0v) is 5.09. The number of hydrogen-bond donors (Lipinski definition) is 0. The van der Waals surface area contributed by atoms with Gasteiger partial charge in [0.25, 0.3) is 6.34 Å². The molecule has 0 aromatic rings. The van der Waals surface area contributed by atoms with Crippen molar-refractivity contribution in [3.05, 3.63) is 0 Å². The van der Waals surface area contributed by atoms with E-state index in [9.17, 15) is 4.79 Å². The second kappa shape index (κ2) is 3.07. The van der Waals surface area contributed by atoms with Gasteiger partial charge in [-0.1, -0.05) is 0 Å². The average Bonchev–Trinajstić information content (AvgIpc) is 1.61. The van der Waals surface area contributed by atoms with Crippen molar-refractivity contribution in [3.8, 4) is 0 Å². The van der Waals surface area contributed by atoms with E-state index in [-0.39, 0.29) is 5.91 Å². The molecule has 0 unspecified atom stereocenters. The number of rotatable bonds is 1. The van der Waals surface area contributed by atoms with Crippen LogP contribution in [-0.2, 0) is 4.79 Å². The number of aliphatic imine (C=N–C) groups is 1. The monoisotopic (exact) mass is 113 g/mol. The molecule has 0 bridgehead atoms. The molecule has 3 nitrogen and oxygen atoms in total. The molecule has 0 fully saturated rings. The van der Waals surface area contributed by atoms with E-state index >= 15 is 0 Å². The summed E-state index contributed by atoms with van der Waals surface area (Å²) in [5.41, 5.74) is 0. The topological polar surface area (TPSA) is 32.4 Å². The van der Waals surface area contributed by atoms with Gasteiger partial charge in [-0.25, -0.2) is 9.37 Å². The fourth-order valence-corrected chi connectivity index (χ4v) is 0.180. The van der Waals surface area contributed by atoms with Crippen molar-refractivity contribution in [2.75, 3.05) is 7.05 Å². The predicted octanol–water partition coefficient (Wildman–Crippen LogP) is -0.0959. The minimum atomic E-state index is -0.208. The Morgan fingerprint density at radius 3 is 2.50 bits per heavy atom. The van der Waals surface area contributed by atoms with E-state index < -0.39 is 0 Å². The minimum absolute atomic E-state index is 0.208. The van der Waals surface area contributed by atoms with Crippen LogP contribution in [0.5, 0.6) is 0 Å². The van der Waals surface area contributed by atoms with Crippen molar-refractivity contribution in [2.45, 2.75) is 6.92 Å². The Hall–Kier alpha value is -0.990. The molecule has 0 spiro atoms. The van der Waals surface area contributed by atoms with E-state index in [4.69, 9.17) is 0 Å². The van der Waals surface area contributed by atoms with Crippen LogP contribution in [0.3, 0.4) is 0 Å². The molecule has 0 aliphatic carbocycles. The Morgan fingerprint density at radius 1 is 1.88 bits per heavy atom. The molecule has 0 aliphatic heterocycles. The van der Waals surface area contributed by atoms with Crippen LogP contribution in [0.1, 0.15) is 6.92 Å². The van der Waals surface area contributed by atoms with Crippen LogP contribution in [0.15, 0.2) is 4.99 Å². The number of carbonyl (C=O) groups is 1. The van der Waals surface area contributed by atoms with Gasteiger partial charge in [0.05, 0.1) is 13.8 Å². The molecule has 0 N–H and O–H groups in total. The average molecular weight is 113 g/mol. The van der Waals surface area contributed by atoms with E-state index in [1.165, 1.54) is 17.8 Å². The smallest absolute Gasteiger partial charge is 0.247 e. The molecular weight excluding hydrogens is 104 g/mol. The van der Waals surface area contributed by atoms with Crippen molar-refractivity contribution in [1.82, 2.24) is 0 Å². The summed E-state index contributed by atoms with van der Waals surface area (Å²) < 4.78 is 1.46. The summed E-state index contributed by atoms with van der Waals surface area (Å²) >= 11 is 0. The summed E-state index contributed by atoms with van der Waals surface area (Å²) in [7, 11) is 1.70. The van der Waals surface area contributed by atoms with Crippen LogP contribution in [-0.4, -0.2) is 30.6 Å². The largest absolute Gasteiger partial charge is 0.348 e. The van der Waals surface area contributed by atoms with Crippen LogP contribution < -0.4 is 0 Å². The fraction of sp³-hybridized carbons (Fsp3) is 0.400. The van der Waals surface area contributed by atoms with Gasteiger partial charge in [-0.15, -0.1) is 0 Å². The summed E-state index contributed by atoms with van der Waals surface area (Å²) in [4.78, 5) is 13.5. The third-order valence-corrected chi connectivity index (χ3v) is 0.437. The quantitative estimate of drug-likeness (QED) is 0.265. The molecule has 0 aromatic carbocycles. The Kier molecular flexibility index (Phi) is 2.69. The lowest BCUT2D eigenvalue weighted by atomic mass is 10.7. The van der Waals surface area contributed by atoms with Gasteiger partial charge in [0.1, 0.15) is 0 Å². The van der Waals surface area contributed by atoms with Crippen molar-refractivity contribution >= 4 is 19.0 Å². The summed E-state index contributed by atoms with van der Waals surface area (Å²) in [6, 6.07) is 0. The maximum absolute atomic E-state index is 10.1. The Balaban J connectivity index is 3.67. The van der Waals surface area contributed by atoms with Gasteiger partial charge in [0.2, 0.25) is 0 Å². The molecule has 0 aliphatic rings. The maximum atomic E-state index is 10.1. The molecular formula is C5H9N2O+. The molecule has 44 valence electrons. The third kappa shape index (κ3) is 5.01. The zero-order chi connectivity index (χ0) is 6.57. The van der Waals surface area contributed by atoms with Crippen LogP contribution in [0, 0.1) is 0 Å². The molecule has 0 atom stereocenters. The number of carbonyl (C=O) groups excluding carboxylic acids is 1. The molecule has 0 heterocycles. The highest BCUT2D eigenvalue weighted by molar-refractivity contribution is 5.80. The van der Waals surface area contributed by atoms with Crippen LogP contribution in [0.2, 0.25) is 0 Å². The van der Waals surface area contributed by atoms with E-state index in [1.807, 2.05) is 0 Å². The van der Waals surface area contributed by atoms with Crippen molar-refractivity contribution in [3.63, 3.8) is 0 Å². The van der Waals surface area contributed by atoms with Gasteiger partial charge in [0.15, 0.2) is 0 Å². The maximum Gasteiger partial charge on any atom is 0.348 e. The lowest BCUT2D eigenvalue weighted by Gasteiger charge is -1.75. The van der Waals surface area contributed by atoms with Gasteiger partial charge in [-0.05, 0) is 4.99 Å². The third-order valence-electron chi connectivity index (χ3n) is 0.437. The first-order valence-electron chi connectivity index (χ1n) is 2.21. The second-order valence-electron chi connectivity index (χ2n) is 1.52. The van der Waals surface area contributed by atoms with E-state index in [0.29, 0.717) is 0 Å². The fourth-order valence-electron chi connectivity index (χ4n) is 0.180. The van der Waals surface area contributed by atoms with E-state index in [2.05, 4.69) is 11.7 Å². The lowest BCUT2D eigenvalue weighted by Crippen LogP contribution is -1.98. The van der Waals surface area contributed by atoms with Crippen LogP contribution in [0.25, 0.3) is 0 Å². The van der Waals surface area contributed by atoms with Crippen molar-refractivity contribution in [2.24, 2.45) is 4.99 Å². The van der Waals surface area contributed by atoms with Crippen molar-refractivity contribution in [1.29, 1.82) is 0 Å². The molecule has 0 rings (SSSR count). The van der Waals surface area contributed by atoms with Crippen LogP contribution >= 0.6 is 0 Å². The highest BCUT2D eigenvalue weighted by atomic mass is 16.1. The van der Waals surface area contributed by atoms with Gasteiger partial charge in [-0.3, -0.25) is 0 Å². The molecule has 0 saturated heterocycles.